The predicted octanol–water partition coefficient (Wildman–Crippen LogP) is 6.38. The van der Waals surface area contributed by atoms with Crippen molar-refractivity contribution in [2.24, 2.45) is 11.5 Å². The van der Waals surface area contributed by atoms with Crippen LogP contribution in [0.2, 0.25) is 0 Å². The topological polar surface area (TPSA) is 99.9 Å². The lowest BCUT2D eigenvalue weighted by molar-refractivity contribution is 0.419. The second kappa shape index (κ2) is 22.0. The molecular weight excluding hydrogens is 473 g/mol. The lowest BCUT2D eigenvalue weighted by Gasteiger charge is -2.27. The smallest absolute Gasteiger partial charge is 0.126 e. The molecule has 6 N–H and O–H groups in total. The van der Waals surface area contributed by atoms with Crippen molar-refractivity contribution in [3.63, 3.8) is 0 Å². The van der Waals surface area contributed by atoms with Crippen LogP contribution in [0.25, 0.3) is 11.1 Å². The highest BCUT2D eigenvalue weighted by atomic mass is 19.1. The highest BCUT2D eigenvalue weighted by Crippen LogP contribution is 2.23. The summed E-state index contributed by atoms with van der Waals surface area (Å²) >= 11 is 0. The van der Waals surface area contributed by atoms with Gasteiger partial charge in [0.15, 0.2) is 0 Å². The minimum absolute atomic E-state index is 0.194. The Bertz CT molecular complexity index is 926. The summed E-state index contributed by atoms with van der Waals surface area (Å²) < 4.78 is 13.8. The molecular formula is C32H50FN5. The van der Waals surface area contributed by atoms with E-state index in [1.807, 2.05) is 30.3 Å². The number of hydrogen-bond donors (Lipinski definition) is 4. The Balaban J connectivity index is 0.00000107. The molecule has 38 heavy (non-hydrogen) atoms. The summed E-state index contributed by atoms with van der Waals surface area (Å²) in [6, 6.07) is 15.5. The molecule has 2 aromatic rings. The fourth-order valence-electron chi connectivity index (χ4n) is 4.02. The maximum Gasteiger partial charge on any atom is 0.126 e. The van der Waals surface area contributed by atoms with E-state index < -0.39 is 0 Å². The third-order valence-electron chi connectivity index (χ3n) is 6.20. The first-order valence-electron chi connectivity index (χ1n) is 13.7. The zero-order valence-electron chi connectivity index (χ0n) is 23.9. The lowest BCUT2D eigenvalue weighted by atomic mass is 9.99. The van der Waals surface area contributed by atoms with Crippen molar-refractivity contribution in [3.05, 3.63) is 84.8 Å². The van der Waals surface area contributed by atoms with Crippen molar-refractivity contribution in [1.82, 2.24) is 10.6 Å². The Morgan fingerprint density at radius 2 is 1.76 bits per heavy atom. The van der Waals surface area contributed by atoms with E-state index >= 15 is 0 Å². The zero-order valence-corrected chi connectivity index (χ0v) is 23.9. The third kappa shape index (κ3) is 13.5. The number of benzene rings is 2. The van der Waals surface area contributed by atoms with Crippen molar-refractivity contribution in [2.45, 2.75) is 77.3 Å². The molecule has 0 saturated carbocycles. The highest BCUT2D eigenvalue weighted by molar-refractivity contribution is 5.64. The molecule has 0 radical (unpaired) electrons. The van der Waals surface area contributed by atoms with E-state index in [1.165, 1.54) is 45.6 Å². The Morgan fingerprint density at radius 1 is 1.11 bits per heavy atom. The van der Waals surface area contributed by atoms with Gasteiger partial charge in [-0.1, -0.05) is 75.6 Å². The Labute approximate surface area is 231 Å². The molecule has 0 aromatic heterocycles. The van der Waals surface area contributed by atoms with Gasteiger partial charge in [0.1, 0.15) is 11.9 Å². The van der Waals surface area contributed by atoms with Crippen molar-refractivity contribution >= 4 is 0 Å². The number of hydrogen-bond acceptors (Lipinski definition) is 5. The van der Waals surface area contributed by atoms with Crippen LogP contribution in [0.1, 0.15) is 63.0 Å². The lowest BCUT2D eigenvalue weighted by Crippen LogP contribution is -2.42. The quantitative estimate of drug-likeness (QED) is 0.214. The van der Waals surface area contributed by atoms with Gasteiger partial charge in [0.05, 0.1) is 6.07 Å². The molecule has 0 spiro atoms. The van der Waals surface area contributed by atoms with E-state index in [0.29, 0.717) is 12.0 Å². The molecule has 0 amide bonds. The predicted molar refractivity (Wildman–Crippen MR) is 162 cm³/mol. The molecule has 6 heteroatoms. The van der Waals surface area contributed by atoms with Gasteiger partial charge < -0.3 is 22.1 Å². The zero-order chi connectivity index (χ0) is 28.8. The number of halogens is 1. The molecule has 1 saturated heterocycles. The molecule has 1 aliphatic rings. The van der Waals surface area contributed by atoms with Crippen LogP contribution in [0.3, 0.4) is 0 Å². The average Bonchev–Trinajstić information content (AvgIpc) is 2.97. The summed E-state index contributed by atoms with van der Waals surface area (Å²) in [5.74, 6) is -0.194. The summed E-state index contributed by atoms with van der Waals surface area (Å²) in [5, 5.41) is 16.2. The molecule has 1 heterocycles. The summed E-state index contributed by atoms with van der Waals surface area (Å²) in [7, 11) is 1.50. The third-order valence-corrected chi connectivity index (χ3v) is 6.20. The van der Waals surface area contributed by atoms with Crippen LogP contribution in [0, 0.1) is 24.1 Å². The van der Waals surface area contributed by atoms with E-state index in [1.54, 1.807) is 19.1 Å². The molecule has 1 aliphatic heterocycles. The van der Waals surface area contributed by atoms with Crippen molar-refractivity contribution < 1.29 is 4.39 Å². The van der Waals surface area contributed by atoms with Gasteiger partial charge in [0.25, 0.3) is 0 Å². The van der Waals surface area contributed by atoms with Crippen molar-refractivity contribution in [1.29, 1.82) is 5.26 Å². The van der Waals surface area contributed by atoms with E-state index in [9.17, 15) is 9.65 Å². The molecule has 2 unspecified atom stereocenters. The van der Waals surface area contributed by atoms with Crippen LogP contribution in [0.4, 0.5) is 4.39 Å². The Kier molecular flexibility index (Phi) is 20.3. The number of rotatable bonds is 10. The number of nitrogens with zero attached hydrogens (tertiary/aromatic N) is 1. The fourth-order valence-corrected chi connectivity index (χ4v) is 4.02. The second-order valence-corrected chi connectivity index (χ2v) is 9.07. The maximum atomic E-state index is 13.8. The van der Waals surface area contributed by atoms with Gasteiger partial charge in [0, 0.05) is 18.2 Å². The first-order chi connectivity index (χ1) is 18.5. The Morgan fingerprint density at radius 3 is 2.29 bits per heavy atom. The van der Waals surface area contributed by atoms with Gasteiger partial charge in [-0.15, -0.1) is 13.2 Å². The van der Waals surface area contributed by atoms with Crippen LogP contribution in [0.5, 0.6) is 0 Å². The van der Waals surface area contributed by atoms with Gasteiger partial charge in [-0.05, 0) is 74.6 Å². The first-order valence-corrected chi connectivity index (χ1v) is 13.7. The fraction of sp³-hybridized carbons (Fsp3) is 0.469. The van der Waals surface area contributed by atoms with Crippen LogP contribution in [0.15, 0.2) is 67.9 Å². The Hall–Kier alpha value is -2.98. The SMILES string of the molecule is C=C.C=C(NC(C#N)Cc1ccc(-c2ccc(C)c(F)c2)cc1)C1CCCCN1.CCCCCCN.CN. The average molecular weight is 524 g/mol. The minimum Gasteiger partial charge on any atom is -0.372 e. The second-order valence-electron chi connectivity index (χ2n) is 9.07. The van der Waals surface area contributed by atoms with Crippen LogP contribution in [-0.4, -0.2) is 32.2 Å². The minimum atomic E-state index is -0.316. The largest absolute Gasteiger partial charge is 0.372 e. The number of nitriles is 1. The molecule has 2 atom stereocenters. The summed E-state index contributed by atoms with van der Waals surface area (Å²) in [5.41, 5.74) is 14.2. The number of nitrogens with one attached hydrogen (secondary N) is 2. The number of nitrogens with two attached hydrogens (primary N) is 2. The summed E-state index contributed by atoms with van der Waals surface area (Å²) in [6.07, 6.45) is 9.22. The normalized spacial score (nSPS) is 14.6. The van der Waals surface area contributed by atoms with Gasteiger partial charge in [-0.25, -0.2) is 4.39 Å². The molecule has 1 fully saturated rings. The monoisotopic (exact) mass is 523 g/mol. The number of aryl methyl sites for hydroxylation is 1. The maximum absolute atomic E-state index is 13.8. The molecule has 0 aliphatic carbocycles. The molecule has 210 valence electrons. The summed E-state index contributed by atoms with van der Waals surface area (Å²) in [6.45, 7) is 15.9. The van der Waals surface area contributed by atoms with E-state index in [2.05, 4.69) is 49.1 Å². The van der Waals surface area contributed by atoms with E-state index in [0.717, 1.165) is 41.9 Å². The van der Waals surface area contributed by atoms with Crippen LogP contribution >= 0.6 is 0 Å². The molecule has 3 rings (SSSR count). The number of piperidine rings is 1. The van der Waals surface area contributed by atoms with Crippen molar-refractivity contribution in [2.75, 3.05) is 20.1 Å². The van der Waals surface area contributed by atoms with E-state index in [-0.39, 0.29) is 17.9 Å². The van der Waals surface area contributed by atoms with Gasteiger partial charge in [-0.3, -0.25) is 0 Å². The summed E-state index contributed by atoms with van der Waals surface area (Å²) in [4.78, 5) is 0. The van der Waals surface area contributed by atoms with Gasteiger partial charge in [-0.2, -0.15) is 5.26 Å². The van der Waals surface area contributed by atoms with Gasteiger partial charge >= 0.3 is 0 Å². The first kappa shape index (κ1) is 35.0. The van der Waals surface area contributed by atoms with Gasteiger partial charge in [0.2, 0.25) is 0 Å². The molecule has 5 nitrogen and oxygen atoms in total. The van der Waals surface area contributed by atoms with Crippen LogP contribution < -0.4 is 22.1 Å². The highest BCUT2D eigenvalue weighted by Gasteiger charge is 2.18. The van der Waals surface area contributed by atoms with Crippen molar-refractivity contribution in [3.8, 4) is 17.2 Å². The number of unbranched alkanes of at least 4 members (excludes halogenated alkanes) is 3. The standard InChI is InChI=1S/C23H26FN3.C6H15N.C2H4.CH5N/c1-16-6-9-20(14-22(16)24)19-10-7-18(8-11-19)13-21(15-25)27-17(2)23-5-3-4-12-26-23;1-2-3-4-5-6-7;2*1-2/h6-11,14,21,23,26-27H,2-5,12-13H2,1H3;2-7H2,1H3;1-2H2;2H2,1H3. The van der Waals surface area contributed by atoms with E-state index in [4.69, 9.17) is 5.73 Å². The molecule has 2 aromatic carbocycles. The van der Waals surface area contributed by atoms with Crippen LogP contribution in [-0.2, 0) is 6.42 Å². The molecule has 0 bridgehead atoms.